The van der Waals surface area contributed by atoms with E-state index in [4.69, 9.17) is 5.73 Å². The van der Waals surface area contributed by atoms with Gasteiger partial charge in [-0.05, 0) is 23.6 Å². The number of carbonyl (C=O) groups is 2. The van der Waals surface area contributed by atoms with E-state index in [0.717, 1.165) is 12.0 Å². The topological polar surface area (TPSA) is 81.4 Å². The highest BCUT2D eigenvalue weighted by atomic mass is 16.7. The molecule has 1 aromatic rings. The highest BCUT2D eigenvalue weighted by molar-refractivity contribution is 5.91. The van der Waals surface area contributed by atoms with Crippen LogP contribution in [0.25, 0.3) is 6.08 Å². The smallest absolute Gasteiger partial charge is 0.267 e. The summed E-state index contributed by atoms with van der Waals surface area (Å²) in [6.45, 7) is 1.74. The number of nitrogens with one attached hydrogen (secondary N) is 1. The normalized spacial score (nSPS) is 10.5. The summed E-state index contributed by atoms with van der Waals surface area (Å²) in [5, 5.41) is 0. The van der Waals surface area contributed by atoms with Gasteiger partial charge in [-0.3, -0.25) is 14.4 Å². The lowest BCUT2D eigenvalue weighted by Gasteiger charge is -2.00. The SMILES string of the molecule is CCc1ccc(/C=C/C(=O)NOCC(N)=O)cc1. The van der Waals surface area contributed by atoms with Crippen molar-refractivity contribution in [2.75, 3.05) is 6.61 Å². The summed E-state index contributed by atoms with van der Waals surface area (Å²) in [6, 6.07) is 7.85. The Morgan fingerprint density at radius 3 is 2.56 bits per heavy atom. The number of hydrogen-bond donors (Lipinski definition) is 2. The molecule has 0 aliphatic heterocycles. The molecule has 0 aliphatic rings. The monoisotopic (exact) mass is 248 g/mol. The number of rotatable bonds is 6. The van der Waals surface area contributed by atoms with Gasteiger partial charge < -0.3 is 5.73 Å². The van der Waals surface area contributed by atoms with Crippen molar-refractivity contribution < 1.29 is 14.4 Å². The van der Waals surface area contributed by atoms with Crippen molar-refractivity contribution in [2.24, 2.45) is 5.73 Å². The minimum Gasteiger partial charge on any atom is -0.368 e. The number of primary amides is 1. The predicted octanol–water partition coefficient (Wildman–Crippen LogP) is 0.795. The first-order valence-corrected chi connectivity index (χ1v) is 5.59. The Labute approximate surface area is 106 Å². The van der Waals surface area contributed by atoms with Gasteiger partial charge in [0.15, 0.2) is 6.61 Å². The van der Waals surface area contributed by atoms with Gasteiger partial charge in [-0.25, -0.2) is 5.48 Å². The van der Waals surface area contributed by atoms with Crippen LogP contribution in [0.5, 0.6) is 0 Å². The molecule has 0 unspecified atom stereocenters. The molecule has 0 radical (unpaired) electrons. The van der Waals surface area contributed by atoms with Crippen molar-refractivity contribution in [2.45, 2.75) is 13.3 Å². The van der Waals surface area contributed by atoms with E-state index in [9.17, 15) is 9.59 Å². The van der Waals surface area contributed by atoms with Crippen LogP contribution in [0.3, 0.4) is 0 Å². The lowest BCUT2D eigenvalue weighted by atomic mass is 10.1. The number of hydroxylamine groups is 1. The van der Waals surface area contributed by atoms with E-state index in [1.165, 1.54) is 11.6 Å². The average Bonchev–Trinajstić information content (AvgIpc) is 2.36. The Kier molecular flexibility index (Phi) is 5.60. The summed E-state index contributed by atoms with van der Waals surface area (Å²) in [7, 11) is 0. The maximum absolute atomic E-state index is 11.2. The minimum atomic E-state index is -0.644. The zero-order chi connectivity index (χ0) is 13.4. The van der Waals surface area contributed by atoms with Gasteiger partial charge in [-0.15, -0.1) is 0 Å². The van der Waals surface area contributed by atoms with Crippen molar-refractivity contribution in [3.63, 3.8) is 0 Å². The Hall–Kier alpha value is -2.14. The Morgan fingerprint density at radius 2 is 2.00 bits per heavy atom. The predicted molar refractivity (Wildman–Crippen MR) is 68.1 cm³/mol. The van der Waals surface area contributed by atoms with Gasteiger partial charge in [0.05, 0.1) is 0 Å². The Morgan fingerprint density at radius 1 is 1.33 bits per heavy atom. The average molecular weight is 248 g/mol. The number of aryl methyl sites for hydroxylation is 1. The molecule has 5 heteroatoms. The number of nitrogens with two attached hydrogens (primary N) is 1. The molecule has 0 saturated heterocycles. The highest BCUT2D eigenvalue weighted by Gasteiger charge is 1.97. The molecule has 3 N–H and O–H groups in total. The molecule has 0 fully saturated rings. The van der Waals surface area contributed by atoms with Gasteiger partial charge >= 0.3 is 0 Å². The lowest BCUT2D eigenvalue weighted by molar-refractivity contribution is -0.134. The second kappa shape index (κ2) is 7.24. The van der Waals surface area contributed by atoms with E-state index in [2.05, 4.69) is 17.2 Å². The van der Waals surface area contributed by atoms with Crippen LogP contribution in [0.4, 0.5) is 0 Å². The van der Waals surface area contributed by atoms with Crippen molar-refractivity contribution >= 4 is 17.9 Å². The quantitative estimate of drug-likeness (QED) is 0.577. The van der Waals surface area contributed by atoms with Gasteiger partial charge in [0.25, 0.3) is 5.91 Å². The molecule has 18 heavy (non-hydrogen) atoms. The fourth-order valence-electron chi connectivity index (χ4n) is 1.25. The standard InChI is InChI=1S/C13H16N2O3/c1-2-10-3-5-11(6-4-10)7-8-13(17)15-18-9-12(14)16/h3-8H,2,9H2,1H3,(H2,14,16)(H,15,17)/b8-7+. The van der Waals surface area contributed by atoms with E-state index >= 15 is 0 Å². The number of benzene rings is 1. The molecule has 0 aromatic heterocycles. The summed E-state index contributed by atoms with van der Waals surface area (Å²) in [6.07, 6.45) is 3.95. The third kappa shape index (κ3) is 5.27. The fraction of sp³-hybridized carbons (Fsp3) is 0.231. The van der Waals surface area contributed by atoms with Crippen LogP contribution in [0.15, 0.2) is 30.3 Å². The van der Waals surface area contributed by atoms with Gasteiger partial charge in [0.1, 0.15) is 0 Å². The molecule has 2 amide bonds. The van der Waals surface area contributed by atoms with E-state index < -0.39 is 11.8 Å². The molecule has 1 aromatic carbocycles. The zero-order valence-electron chi connectivity index (χ0n) is 10.2. The first-order chi connectivity index (χ1) is 8.61. The van der Waals surface area contributed by atoms with E-state index in [0.29, 0.717) is 0 Å². The van der Waals surface area contributed by atoms with Crippen LogP contribution in [0.1, 0.15) is 18.1 Å². The van der Waals surface area contributed by atoms with Gasteiger partial charge in [0.2, 0.25) is 5.91 Å². The fourth-order valence-corrected chi connectivity index (χ4v) is 1.25. The summed E-state index contributed by atoms with van der Waals surface area (Å²) in [5.41, 5.74) is 9.07. The summed E-state index contributed by atoms with van der Waals surface area (Å²) in [5.74, 6) is -1.09. The molecule has 1 rings (SSSR count). The molecular weight excluding hydrogens is 232 g/mol. The number of carbonyl (C=O) groups excluding carboxylic acids is 2. The molecule has 5 nitrogen and oxygen atoms in total. The lowest BCUT2D eigenvalue weighted by Crippen LogP contribution is -2.28. The Bertz CT molecular complexity index is 438. The van der Waals surface area contributed by atoms with E-state index in [-0.39, 0.29) is 6.61 Å². The summed E-state index contributed by atoms with van der Waals surface area (Å²) >= 11 is 0. The summed E-state index contributed by atoms with van der Waals surface area (Å²) < 4.78 is 0. The first-order valence-electron chi connectivity index (χ1n) is 5.59. The Balaban J connectivity index is 2.42. The molecule has 0 bridgehead atoms. The molecular formula is C13H16N2O3. The molecule has 0 heterocycles. The van der Waals surface area contributed by atoms with Gasteiger partial charge in [-0.2, -0.15) is 0 Å². The molecule has 0 saturated carbocycles. The van der Waals surface area contributed by atoms with Crippen LogP contribution < -0.4 is 11.2 Å². The highest BCUT2D eigenvalue weighted by Crippen LogP contribution is 2.06. The van der Waals surface area contributed by atoms with E-state index in [1.54, 1.807) is 6.08 Å². The molecule has 0 atom stereocenters. The van der Waals surface area contributed by atoms with Crippen LogP contribution >= 0.6 is 0 Å². The second-order valence-corrected chi connectivity index (χ2v) is 3.65. The minimum absolute atomic E-state index is 0.342. The largest absolute Gasteiger partial charge is 0.368 e. The second-order valence-electron chi connectivity index (χ2n) is 3.65. The van der Waals surface area contributed by atoms with Crippen molar-refractivity contribution in [3.05, 3.63) is 41.5 Å². The molecule has 96 valence electrons. The number of amides is 2. The maximum atomic E-state index is 11.2. The van der Waals surface area contributed by atoms with Gasteiger partial charge in [0, 0.05) is 6.08 Å². The van der Waals surface area contributed by atoms with Gasteiger partial charge in [-0.1, -0.05) is 31.2 Å². The van der Waals surface area contributed by atoms with Crippen molar-refractivity contribution in [1.29, 1.82) is 0 Å². The number of hydrogen-bond acceptors (Lipinski definition) is 3. The third-order valence-corrected chi connectivity index (χ3v) is 2.20. The molecule has 0 aliphatic carbocycles. The van der Waals surface area contributed by atoms with Crippen LogP contribution in [0.2, 0.25) is 0 Å². The molecule has 0 spiro atoms. The maximum Gasteiger partial charge on any atom is 0.267 e. The first kappa shape index (κ1) is 13.9. The van der Waals surface area contributed by atoms with Crippen LogP contribution in [-0.4, -0.2) is 18.4 Å². The third-order valence-electron chi connectivity index (χ3n) is 2.20. The van der Waals surface area contributed by atoms with Crippen LogP contribution in [-0.2, 0) is 20.8 Å². The van der Waals surface area contributed by atoms with Crippen molar-refractivity contribution in [1.82, 2.24) is 5.48 Å². The van der Waals surface area contributed by atoms with Crippen molar-refractivity contribution in [3.8, 4) is 0 Å². The zero-order valence-corrected chi connectivity index (χ0v) is 10.2. The van der Waals surface area contributed by atoms with E-state index in [1.807, 2.05) is 24.3 Å². The summed E-state index contributed by atoms with van der Waals surface area (Å²) in [4.78, 5) is 26.2. The van der Waals surface area contributed by atoms with Crippen LogP contribution in [0, 0.1) is 0 Å².